The first-order chi connectivity index (χ1) is 16.1. The Labute approximate surface area is 202 Å². The van der Waals surface area contributed by atoms with Gasteiger partial charge in [0.1, 0.15) is 0 Å². The van der Waals surface area contributed by atoms with Crippen LogP contribution in [0.1, 0.15) is 20.3 Å². The average Bonchev–Trinajstić information content (AvgIpc) is 3.21. The van der Waals surface area contributed by atoms with Crippen LogP contribution in [0.4, 0.5) is 5.69 Å². The highest BCUT2D eigenvalue weighted by atomic mass is 32.2. The van der Waals surface area contributed by atoms with Crippen molar-refractivity contribution >= 4 is 33.4 Å². The van der Waals surface area contributed by atoms with Crippen molar-refractivity contribution in [3.63, 3.8) is 0 Å². The molecular weight excluding hydrogens is 458 g/mol. The van der Waals surface area contributed by atoms with E-state index in [1.54, 1.807) is 54.8 Å². The van der Waals surface area contributed by atoms with Crippen LogP contribution in [0.5, 0.6) is 0 Å². The van der Waals surface area contributed by atoms with Crippen LogP contribution in [-0.2, 0) is 24.4 Å². The number of rotatable bonds is 8. The minimum Gasteiger partial charge on any atom is -0.348 e. The van der Waals surface area contributed by atoms with Crippen LogP contribution >= 0.6 is 0 Å². The minimum atomic E-state index is -3.57. The molecule has 1 atom stereocenters. The van der Waals surface area contributed by atoms with Gasteiger partial charge in [-0.25, -0.2) is 8.42 Å². The van der Waals surface area contributed by atoms with Crippen molar-refractivity contribution in [1.82, 2.24) is 19.0 Å². The fourth-order valence-electron chi connectivity index (χ4n) is 4.35. The highest BCUT2D eigenvalue weighted by molar-refractivity contribution is 7.89. The lowest BCUT2D eigenvalue weighted by Gasteiger charge is -2.35. The monoisotopic (exact) mass is 493 g/mol. The van der Waals surface area contributed by atoms with Crippen molar-refractivity contribution in [3.05, 3.63) is 24.3 Å². The number of carbonyl (C=O) groups excluding carboxylic acids is 3. The molecule has 2 heterocycles. The van der Waals surface area contributed by atoms with Gasteiger partial charge >= 0.3 is 0 Å². The van der Waals surface area contributed by atoms with Crippen molar-refractivity contribution in [3.8, 4) is 0 Å². The Kier molecular flexibility index (Phi) is 8.32. The molecular formula is C23H35N5O5S. The molecule has 2 fully saturated rings. The largest absolute Gasteiger partial charge is 0.348 e. The van der Waals surface area contributed by atoms with Gasteiger partial charge in [-0.15, -0.1) is 0 Å². The number of benzene rings is 1. The number of carbonyl (C=O) groups is 3. The lowest BCUT2D eigenvalue weighted by atomic mass is 10.1. The molecule has 0 radical (unpaired) electrons. The fraction of sp³-hybridized carbons (Fsp3) is 0.609. The summed E-state index contributed by atoms with van der Waals surface area (Å²) in [6.07, 6.45) is 0.137. The first kappa shape index (κ1) is 26.1. The lowest BCUT2D eigenvalue weighted by Crippen LogP contribution is -2.52. The SMILES string of the molecule is CCN(CC)S(=O)(=O)c1ccc(N2CC(C(=O)N3CCN(CC(=O)N(C)C)CC3)CC2=O)cc1. The van der Waals surface area contributed by atoms with E-state index < -0.39 is 15.9 Å². The summed E-state index contributed by atoms with van der Waals surface area (Å²) in [5.41, 5.74) is 0.589. The summed E-state index contributed by atoms with van der Waals surface area (Å²) in [5.74, 6) is -0.586. The van der Waals surface area contributed by atoms with Gasteiger partial charge in [-0.2, -0.15) is 4.31 Å². The van der Waals surface area contributed by atoms with E-state index in [1.165, 1.54) is 16.4 Å². The van der Waals surface area contributed by atoms with Crippen LogP contribution in [0.25, 0.3) is 0 Å². The Balaban J connectivity index is 1.60. The summed E-state index contributed by atoms with van der Waals surface area (Å²) in [7, 11) is -0.120. The van der Waals surface area contributed by atoms with Gasteiger partial charge in [0.2, 0.25) is 27.7 Å². The number of likely N-dealkylation sites (N-methyl/N-ethyl adjacent to an activating group) is 1. The Bertz CT molecular complexity index is 999. The highest BCUT2D eigenvalue weighted by Gasteiger charge is 2.38. The zero-order chi connectivity index (χ0) is 25.0. The molecule has 2 aliphatic heterocycles. The summed E-state index contributed by atoms with van der Waals surface area (Å²) in [5, 5.41) is 0. The van der Waals surface area contributed by atoms with Gasteiger partial charge in [0, 0.05) is 72.0 Å². The van der Waals surface area contributed by atoms with Crippen LogP contribution in [0.15, 0.2) is 29.2 Å². The second-order valence-corrected chi connectivity index (χ2v) is 10.8. The quantitative estimate of drug-likeness (QED) is 0.516. The van der Waals surface area contributed by atoms with Crippen LogP contribution in [0, 0.1) is 5.92 Å². The van der Waals surface area contributed by atoms with Gasteiger partial charge in [0.05, 0.1) is 17.4 Å². The van der Waals surface area contributed by atoms with E-state index >= 15 is 0 Å². The molecule has 1 aromatic carbocycles. The Morgan fingerprint density at radius 1 is 1.00 bits per heavy atom. The Morgan fingerprint density at radius 3 is 2.12 bits per heavy atom. The normalized spacial score (nSPS) is 19.7. The van der Waals surface area contributed by atoms with Gasteiger partial charge < -0.3 is 14.7 Å². The number of piperazine rings is 1. The molecule has 0 aliphatic carbocycles. The number of sulfonamides is 1. The third-order valence-corrected chi connectivity index (χ3v) is 8.57. The van der Waals surface area contributed by atoms with Gasteiger partial charge in [0.15, 0.2) is 0 Å². The van der Waals surface area contributed by atoms with E-state index in [4.69, 9.17) is 0 Å². The Hall–Kier alpha value is -2.50. The molecule has 0 N–H and O–H groups in total. The predicted octanol–water partition coefficient (Wildman–Crippen LogP) is 0.302. The standard InChI is InChI=1S/C23H35N5O5S/c1-5-27(6-2)34(32,33)20-9-7-19(8-10-20)28-16-18(15-21(28)29)23(31)26-13-11-25(12-14-26)17-22(30)24(3)4/h7-10,18H,5-6,11-17H2,1-4H3. The number of nitrogens with zero attached hydrogens (tertiary/aromatic N) is 5. The third-order valence-electron chi connectivity index (χ3n) is 6.51. The number of hydrogen-bond donors (Lipinski definition) is 0. The van der Waals surface area contributed by atoms with E-state index in [2.05, 4.69) is 0 Å². The molecule has 34 heavy (non-hydrogen) atoms. The maximum absolute atomic E-state index is 13.1. The van der Waals surface area contributed by atoms with Crippen molar-refractivity contribution < 1.29 is 22.8 Å². The first-order valence-corrected chi connectivity index (χ1v) is 13.1. The molecule has 0 bridgehead atoms. The van der Waals surface area contributed by atoms with E-state index in [0.717, 1.165) is 0 Å². The van der Waals surface area contributed by atoms with Crippen molar-refractivity contribution in [2.75, 3.05) is 71.4 Å². The predicted molar refractivity (Wildman–Crippen MR) is 129 cm³/mol. The molecule has 188 valence electrons. The van der Waals surface area contributed by atoms with Crippen molar-refractivity contribution in [1.29, 1.82) is 0 Å². The van der Waals surface area contributed by atoms with Gasteiger partial charge in [0.25, 0.3) is 0 Å². The van der Waals surface area contributed by atoms with Gasteiger partial charge in [-0.1, -0.05) is 13.8 Å². The second kappa shape index (κ2) is 10.8. The third kappa shape index (κ3) is 5.59. The van der Waals surface area contributed by atoms with Crippen LogP contribution in [0.3, 0.4) is 0 Å². The maximum Gasteiger partial charge on any atom is 0.243 e. The highest BCUT2D eigenvalue weighted by Crippen LogP contribution is 2.28. The first-order valence-electron chi connectivity index (χ1n) is 11.7. The lowest BCUT2D eigenvalue weighted by molar-refractivity contribution is -0.138. The molecule has 0 saturated carbocycles. The molecule has 1 aromatic rings. The number of hydrogen-bond acceptors (Lipinski definition) is 6. The van der Waals surface area contributed by atoms with Gasteiger partial charge in [-0.3, -0.25) is 19.3 Å². The van der Waals surface area contributed by atoms with E-state index in [-0.39, 0.29) is 35.6 Å². The topological polar surface area (TPSA) is 102 Å². The van der Waals surface area contributed by atoms with E-state index in [0.29, 0.717) is 51.5 Å². The van der Waals surface area contributed by atoms with E-state index in [1.807, 2.05) is 4.90 Å². The smallest absolute Gasteiger partial charge is 0.243 e. The second-order valence-electron chi connectivity index (χ2n) is 8.88. The summed E-state index contributed by atoms with van der Waals surface area (Å²) >= 11 is 0. The van der Waals surface area contributed by atoms with Crippen molar-refractivity contribution in [2.24, 2.45) is 5.92 Å². The minimum absolute atomic E-state index is 0.0349. The van der Waals surface area contributed by atoms with Crippen LogP contribution in [-0.4, -0.2) is 112 Å². The zero-order valence-corrected chi connectivity index (χ0v) is 21.3. The summed E-state index contributed by atoms with van der Waals surface area (Å²) in [4.78, 5) is 44.7. The molecule has 11 heteroatoms. The van der Waals surface area contributed by atoms with Crippen molar-refractivity contribution in [2.45, 2.75) is 25.2 Å². The number of anilines is 1. The molecule has 0 spiro atoms. The molecule has 2 saturated heterocycles. The average molecular weight is 494 g/mol. The summed E-state index contributed by atoms with van der Waals surface area (Å²) < 4.78 is 26.8. The summed E-state index contributed by atoms with van der Waals surface area (Å²) in [6, 6.07) is 6.28. The van der Waals surface area contributed by atoms with Crippen LogP contribution < -0.4 is 4.90 Å². The van der Waals surface area contributed by atoms with Crippen LogP contribution in [0.2, 0.25) is 0 Å². The molecule has 0 aromatic heterocycles. The molecule has 3 rings (SSSR count). The molecule has 2 aliphatic rings. The molecule has 10 nitrogen and oxygen atoms in total. The summed E-state index contributed by atoms with van der Waals surface area (Å²) in [6.45, 7) is 7.27. The zero-order valence-electron chi connectivity index (χ0n) is 20.4. The molecule has 1 unspecified atom stereocenters. The van der Waals surface area contributed by atoms with Gasteiger partial charge in [-0.05, 0) is 24.3 Å². The maximum atomic E-state index is 13.1. The Morgan fingerprint density at radius 2 is 1.59 bits per heavy atom. The van der Waals surface area contributed by atoms with E-state index in [9.17, 15) is 22.8 Å². The fourth-order valence-corrected chi connectivity index (χ4v) is 5.81. The molecule has 3 amide bonds. The number of amides is 3.